The number of aromatic hydroxyl groups is 1. The Balaban J connectivity index is 1.91. The fraction of sp³-hybridized carbons (Fsp3) is 0.368. The van der Waals surface area contributed by atoms with Crippen molar-refractivity contribution >= 4 is 0 Å². The number of phenols is 1. The van der Waals surface area contributed by atoms with E-state index in [4.69, 9.17) is 5.11 Å². The highest BCUT2D eigenvalue weighted by molar-refractivity contribution is 5.65. The summed E-state index contributed by atoms with van der Waals surface area (Å²) < 4.78 is 41.3. The molecule has 0 amide bonds. The third-order valence-corrected chi connectivity index (χ3v) is 4.81. The van der Waals surface area contributed by atoms with Gasteiger partial charge in [0.25, 0.3) is 0 Å². The summed E-state index contributed by atoms with van der Waals surface area (Å²) in [4.78, 5) is 0. The van der Waals surface area contributed by atoms with Crippen molar-refractivity contribution < 1.29 is 18.3 Å². The second-order valence-corrected chi connectivity index (χ2v) is 6.48. The van der Waals surface area contributed by atoms with Crippen LogP contribution in [0.1, 0.15) is 44.1 Å². The third-order valence-electron chi connectivity index (χ3n) is 4.81. The fourth-order valence-electron chi connectivity index (χ4n) is 3.33. The van der Waals surface area contributed by atoms with Gasteiger partial charge in [0.15, 0.2) is 17.4 Å². The standard InChI is InChI=1S/C19H19F3O/c1-11-2-4-12(5-3-11)13-6-7-15(16(20)8-13)14-9-17(21)19(23)18(22)10-14/h6-12,23H,2-5H2,1H3. The van der Waals surface area contributed by atoms with Crippen LogP contribution in [0.25, 0.3) is 11.1 Å². The number of halogens is 3. The van der Waals surface area contributed by atoms with Crippen molar-refractivity contribution in [2.45, 2.75) is 38.5 Å². The van der Waals surface area contributed by atoms with Crippen molar-refractivity contribution in [3.63, 3.8) is 0 Å². The summed E-state index contributed by atoms with van der Waals surface area (Å²) in [5.41, 5.74) is 1.16. The van der Waals surface area contributed by atoms with Crippen LogP contribution in [0.5, 0.6) is 5.75 Å². The van der Waals surface area contributed by atoms with Crippen LogP contribution < -0.4 is 0 Å². The van der Waals surface area contributed by atoms with Gasteiger partial charge in [-0.05, 0) is 54.0 Å². The van der Waals surface area contributed by atoms with Gasteiger partial charge in [0.1, 0.15) is 5.82 Å². The molecule has 2 aromatic rings. The first-order valence-corrected chi connectivity index (χ1v) is 7.93. The van der Waals surface area contributed by atoms with Gasteiger partial charge in [-0.15, -0.1) is 0 Å². The summed E-state index contributed by atoms with van der Waals surface area (Å²) in [6.07, 6.45) is 4.37. The molecule has 1 saturated carbocycles. The van der Waals surface area contributed by atoms with Crippen LogP contribution in [-0.2, 0) is 0 Å². The molecule has 1 aliphatic carbocycles. The average Bonchev–Trinajstić information content (AvgIpc) is 2.53. The van der Waals surface area contributed by atoms with Crippen LogP contribution in [0, 0.1) is 23.4 Å². The Morgan fingerprint density at radius 2 is 1.48 bits per heavy atom. The molecule has 1 N–H and O–H groups in total. The van der Waals surface area contributed by atoms with E-state index in [1.807, 2.05) is 6.07 Å². The van der Waals surface area contributed by atoms with Gasteiger partial charge in [0.05, 0.1) is 0 Å². The van der Waals surface area contributed by atoms with Crippen LogP contribution in [0.2, 0.25) is 0 Å². The maximum absolute atomic E-state index is 14.4. The van der Waals surface area contributed by atoms with Gasteiger partial charge in [-0.25, -0.2) is 13.2 Å². The summed E-state index contributed by atoms with van der Waals surface area (Å²) in [7, 11) is 0. The van der Waals surface area contributed by atoms with E-state index < -0.39 is 23.2 Å². The van der Waals surface area contributed by atoms with E-state index in [0.29, 0.717) is 5.92 Å². The number of hydrogen-bond donors (Lipinski definition) is 1. The van der Waals surface area contributed by atoms with E-state index in [0.717, 1.165) is 49.3 Å². The van der Waals surface area contributed by atoms with Crippen LogP contribution in [0.3, 0.4) is 0 Å². The van der Waals surface area contributed by atoms with E-state index in [1.165, 1.54) is 6.07 Å². The summed E-state index contributed by atoms with van der Waals surface area (Å²) >= 11 is 0. The van der Waals surface area contributed by atoms with Crippen LogP contribution in [0.4, 0.5) is 13.2 Å². The van der Waals surface area contributed by atoms with Crippen LogP contribution in [-0.4, -0.2) is 5.11 Å². The zero-order valence-corrected chi connectivity index (χ0v) is 13.0. The molecule has 1 nitrogen and oxygen atoms in total. The molecule has 0 saturated heterocycles. The van der Waals surface area contributed by atoms with Gasteiger partial charge < -0.3 is 5.11 Å². The molecular formula is C19H19F3O. The summed E-state index contributed by atoms with van der Waals surface area (Å²) in [6.45, 7) is 2.23. The van der Waals surface area contributed by atoms with Crippen LogP contribution in [0.15, 0.2) is 30.3 Å². The summed E-state index contributed by atoms with van der Waals surface area (Å²) in [6, 6.07) is 6.76. The molecule has 0 spiro atoms. The molecular weight excluding hydrogens is 301 g/mol. The third kappa shape index (κ3) is 3.21. The number of hydrogen-bond acceptors (Lipinski definition) is 1. The largest absolute Gasteiger partial charge is 0.503 e. The zero-order chi connectivity index (χ0) is 16.6. The molecule has 0 aromatic heterocycles. The number of phenolic OH excluding ortho intramolecular Hbond substituents is 1. The van der Waals surface area contributed by atoms with Crippen molar-refractivity contribution in [3.05, 3.63) is 53.3 Å². The molecule has 0 unspecified atom stereocenters. The van der Waals surface area contributed by atoms with Crippen molar-refractivity contribution in [3.8, 4) is 16.9 Å². The van der Waals surface area contributed by atoms with Crippen molar-refractivity contribution in [2.24, 2.45) is 5.92 Å². The topological polar surface area (TPSA) is 20.2 Å². The lowest BCUT2D eigenvalue weighted by molar-refractivity contribution is 0.347. The van der Waals surface area contributed by atoms with E-state index >= 15 is 0 Å². The normalized spacial score (nSPS) is 21.4. The van der Waals surface area contributed by atoms with Crippen molar-refractivity contribution in [2.75, 3.05) is 0 Å². The van der Waals surface area contributed by atoms with Crippen molar-refractivity contribution in [1.29, 1.82) is 0 Å². The Hall–Kier alpha value is -1.97. The monoisotopic (exact) mass is 320 g/mol. The van der Waals surface area contributed by atoms with E-state index in [2.05, 4.69) is 6.92 Å². The van der Waals surface area contributed by atoms with Gasteiger partial charge in [-0.3, -0.25) is 0 Å². The molecule has 0 atom stereocenters. The highest BCUT2D eigenvalue weighted by atomic mass is 19.1. The number of rotatable bonds is 2. The highest BCUT2D eigenvalue weighted by Gasteiger charge is 2.21. The molecule has 0 heterocycles. The average molecular weight is 320 g/mol. The highest BCUT2D eigenvalue weighted by Crippen LogP contribution is 2.37. The minimum Gasteiger partial charge on any atom is -0.503 e. The lowest BCUT2D eigenvalue weighted by atomic mass is 9.79. The smallest absolute Gasteiger partial charge is 0.187 e. The predicted molar refractivity (Wildman–Crippen MR) is 83.8 cm³/mol. The van der Waals surface area contributed by atoms with Gasteiger partial charge in [-0.1, -0.05) is 31.9 Å². The fourth-order valence-corrected chi connectivity index (χ4v) is 3.33. The maximum atomic E-state index is 14.4. The lowest BCUT2D eigenvalue weighted by Crippen LogP contribution is -2.11. The van der Waals surface area contributed by atoms with Gasteiger partial charge in [0, 0.05) is 5.56 Å². The Morgan fingerprint density at radius 3 is 2.04 bits per heavy atom. The molecule has 3 rings (SSSR count). The molecule has 2 aromatic carbocycles. The van der Waals surface area contributed by atoms with Crippen LogP contribution >= 0.6 is 0 Å². The predicted octanol–water partition coefficient (Wildman–Crippen LogP) is 5.77. The molecule has 1 aliphatic rings. The molecule has 0 bridgehead atoms. The Labute approximate surface area is 133 Å². The lowest BCUT2D eigenvalue weighted by Gasteiger charge is -2.26. The quantitative estimate of drug-likeness (QED) is 0.744. The minimum absolute atomic E-state index is 0.0825. The van der Waals surface area contributed by atoms with Gasteiger partial charge >= 0.3 is 0 Å². The Bertz CT molecular complexity index is 696. The first-order chi connectivity index (χ1) is 11.0. The van der Waals surface area contributed by atoms with E-state index in [1.54, 1.807) is 6.07 Å². The minimum atomic E-state index is -1.09. The summed E-state index contributed by atoms with van der Waals surface area (Å²) in [5.74, 6) is -2.65. The van der Waals surface area contributed by atoms with E-state index in [9.17, 15) is 13.2 Å². The molecule has 1 fully saturated rings. The van der Waals surface area contributed by atoms with Crippen molar-refractivity contribution in [1.82, 2.24) is 0 Å². The molecule has 122 valence electrons. The second kappa shape index (κ2) is 6.26. The molecule has 0 radical (unpaired) electrons. The molecule has 23 heavy (non-hydrogen) atoms. The van der Waals surface area contributed by atoms with E-state index in [-0.39, 0.29) is 11.1 Å². The van der Waals surface area contributed by atoms with Gasteiger partial charge in [0.2, 0.25) is 0 Å². The maximum Gasteiger partial charge on any atom is 0.187 e. The second-order valence-electron chi connectivity index (χ2n) is 6.48. The van der Waals surface area contributed by atoms with Gasteiger partial charge in [-0.2, -0.15) is 0 Å². The first kappa shape index (κ1) is 15.9. The first-order valence-electron chi connectivity index (χ1n) is 7.93. The molecule has 0 aliphatic heterocycles. The summed E-state index contributed by atoms with van der Waals surface area (Å²) in [5, 5.41) is 9.14. The molecule has 4 heteroatoms. The Kier molecular flexibility index (Phi) is 4.33. The number of benzene rings is 2. The SMILES string of the molecule is CC1CCC(c2ccc(-c3cc(F)c(O)c(F)c3)c(F)c2)CC1. The zero-order valence-electron chi connectivity index (χ0n) is 13.0. The Morgan fingerprint density at radius 1 is 0.870 bits per heavy atom.